The third-order valence-corrected chi connectivity index (χ3v) is 7.83. The number of sulfonamides is 1. The number of likely N-dealkylation sites (tertiary alicyclic amines) is 1. The lowest BCUT2D eigenvalue weighted by atomic mass is 9.74. The van der Waals surface area contributed by atoms with Crippen LogP contribution < -0.4 is 0 Å². The summed E-state index contributed by atoms with van der Waals surface area (Å²) in [6.07, 6.45) is 4.48. The molecule has 2 fully saturated rings. The average Bonchev–Trinajstić information content (AvgIpc) is 2.94. The van der Waals surface area contributed by atoms with E-state index < -0.39 is 10.0 Å². The lowest BCUT2D eigenvalue weighted by Crippen LogP contribution is -2.43. The monoisotopic (exact) mass is 357 g/mol. The van der Waals surface area contributed by atoms with E-state index in [4.69, 9.17) is 0 Å². The van der Waals surface area contributed by atoms with E-state index in [1.165, 1.54) is 11.1 Å². The van der Waals surface area contributed by atoms with Crippen LogP contribution in [0.25, 0.3) is 0 Å². The van der Waals surface area contributed by atoms with Gasteiger partial charge >= 0.3 is 0 Å². The van der Waals surface area contributed by atoms with Crippen LogP contribution in [0.2, 0.25) is 0 Å². The third-order valence-electron chi connectivity index (χ3n) is 5.49. The van der Waals surface area contributed by atoms with Gasteiger partial charge in [0, 0.05) is 23.5 Å². The van der Waals surface area contributed by atoms with Gasteiger partial charge in [0.1, 0.15) is 0 Å². The van der Waals surface area contributed by atoms with Gasteiger partial charge < -0.3 is 0 Å². The fraction of sp³-hybridized carbons (Fsp3) is 0.812. The van der Waals surface area contributed by atoms with Crippen LogP contribution in [0.15, 0.2) is 5.51 Å². The molecule has 1 aromatic rings. The number of thiazole rings is 1. The van der Waals surface area contributed by atoms with Crippen LogP contribution in [0, 0.1) is 12.3 Å². The van der Waals surface area contributed by atoms with Crippen LogP contribution in [0.1, 0.15) is 43.7 Å². The molecule has 2 aliphatic heterocycles. The minimum Gasteiger partial charge on any atom is -0.298 e. The highest BCUT2D eigenvalue weighted by molar-refractivity contribution is 7.88. The third kappa shape index (κ3) is 3.48. The zero-order valence-corrected chi connectivity index (χ0v) is 16.1. The molecule has 0 aromatic carbocycles. The number of rotatable bonds is 3. The maximum atomic E-state index is 12.1. The highest BCUT2D eigenvalue weighted by Gasteiger charge is 2.52. The molecule has 7 heteroatoms. The summed E-state index contributed by atoms with van der Waals surface area (Å²) in [6.45, 7) is 9.96. The maximum Gasteiger partial charge on any atom is 0.211 e. The Bertz CT molecular complexity index is 673. The van der Waals surface area contributed by atoms with Crippen molar-refractivity contribution < 1.29 is 8.42 Å². The summed E-state index contributed by atoms with van der Waals surface area (Å²) in [5.74, 6) is 0. The van der Waals surface area contributed by atoms with E-state index in [9.17, 15) is 8.42 Å². The van der Waals surface area contributed by atoms with Gasteiger partial charge in [-0.25, -0.2) is 13.4 Å². The smallest absolute Gasteiger partial charge is 0.211 e. The van der Waals surface area contributed by atoms with Crippen molar-refractivity contribution in [2.75, 3.05) is 25.9 Å². The van der Waals surface area contributed by atoms with Crippen molar-refractivity contribution >= 4 is 21.4 Å². The summed E-state index contributed by atoms with van der Waals surface area (Å²) in [6, 6.07) is 0. The number of hydrogen-bond donors (Lipinski definition) is 0. The Morgan fingerprint density at radius 1 is 1.30 bits per heavy atom. The molecule has 2 aliphatic rings. The summed E-state index contributed by atoms with van der Waals surface area (Å²) in [7, 11) is -3.13. The summed E-state index contributed by atoms with van der Waals surface area (Å²) < 4.78 is 25.9. The molecule has 1 spiro atoms. The minimum atomic E-state index is -3.13. The molecular formula is C16H27N3O2S2. The highest BCUT2D eigenvalue weighted by Crippen LogP contribution is 2.48. The van der Waals surface area contributed by atoms with E-state index in [2.05, 4.69) is 30.7 Å². The zero-order chi connectivity index (χ0) is 16.9. The summed E-state index contributed by atoms with van der Waals surface area (Å²) in [5, 5.41) is 0. The molecule has 0 radical (unpaired) electrons. The second-order valence-electron chi connectivity index (χ2n) is 7.90. The van der Waals surface area contributed by atoms with Crippen molar-refractivity contribution in [3.05, 3.63) is 16.1 Å². The molecule has 3 rings (SSSR count). The Morgan fingerprint density at radius 3 is 2.43 bits per heavy atom. The molecule has 2 saturated heterocycles. The summed E-state index contributed by atoms with van der Waals surface area (Å²) in [5.41, 5.74) is 2.95. The Balaban J connectivity index is 1.66. The second-order valence-corrected chi connectivity index (χ2v) is 10.7. The molecule has 23 heavy (non-hydrogen) atoms. The molecule has 0 aliphatic carbocycles. The maximum absolute atomic E-state index is 12.1. The normalized spacial score (nSPS) is 25.2. The van der Waals surface area contributed by atoms with Gasteiger partial charge in [0.2, 0.25) is 10.0 Å². The van der Waals surface area contributed by atoms with Gasteiger partial charge in [-0.3, -0.25) is 4.90 Å². The molecule has 0 atom stereocenters. The van der Waals surface area contributed by atoms with Crippen molar-refractivity contribution in [1.82, 2.24) is 14.2 Å². The fourth-order valence-electron chi connectivity index (χ4n) is 4.35. The van der Waals surface area contributed by atoms with E-state index in [0.717, 1.165) is 44.6 Å². The Hall–Kier alpha value is -0.500. The standard InChI is InChI=1S/C16H27N3O2S2/c1-13-14(22-12-17-13)9-18-7-5-16(6-8-18)10-15(2,3)19(11-16)23(4,20)21/h12H,5-11H2,1-4H3. The number of hydrogen-bond acceptors (Lipinski definition) is 5. The van der Waals surface area contributed by atoms with Crippen LogP contribution >= 0.6 is 11.3 Å². The van der Waals surface area contributed by atoms with Crippen molar-refractivity contribution in [1.29, 1.82) is 0 Å². The lowest BCUT2D eigenvalue weighted by Gasteiger charge is -2.39. The van der Waals surface area contributed by atoms with E-state index in [1.807, 2.05) is 5.51 Å². The van der Waals surface area contributed by atoms with Gasteiger partial charge in [-0.15, -0.1) is 11.3 Å². The quantitative estimate of drug-likeness (QED) is 0.834. The first kappa shape index (κ1) is 17.3. The molecule has 5 nitrogen and oxygen atoms in total. The van der Waals surface area contributed by atoms with Gasteiger partial charge in [0.25, 0.3) is 0 Å². The van der Waals surface area contributed by atoms with Crippen molar-refractivity contribution in [3.8, 4) is 0 Å². The Labute approximate surface area is 143 Å². The van der Waals surface area contributed by atoms with E-state index in [0.29, 0.717) is 6.54 Å². The van der Waals surface area contributed by atoms with Crippen molar-refractivity contribution in [2.45, 2.75) is 52.1 Å². The zero-order valence-electron chi connectivity index (χ0n) is 14.5. The molecular weight excluding hydrogens is 330 g/mol. The van der Waals surface area contributed by atoms with Crippen molar-refractivity contribution in [2.24, 2.45) is 5.41 Å². The predicted molar refractivity (Wildman–Crippen MR) is 94.0 cm³/mol. The SMILES string of the molecule is Cc1ncsc1CN1CCC2(CC1)CN(S(C)(=O)=O)C(C)(C)C2. The topological polar surface area (TPSA) is 53.5 Å². The number of piperidine rings is 1. The van der Waals surface area contributed by atoms with Crippen molar-refractivity contribution in [3.63, 3.8) is 0 Å². The Kier molecular flexibility index (Phi) is 4.36. The first-order valence-corrected chi connectivity index (χ1v) is 10.9. The van der Waals surface area contributed by atoms with Gasteiger partial charge in [0.05, 0.1) is 17.5 Å². The first-order valence-electron chi connectivity index (χ1n) is 8.21. The molecule has 0 N–H and O–H groups in total. The minimum absolute atomic E-state index is 0.159. The van der Waals surface area contributed by atoms with Crippen LogP contribution in [0.3, 0.4) is 0 Å². The molecule has 0 saturated carbocycles. The Morgan fingerprint density at radius 2 is 1.96 bits per heavy atom. The number of aryl methyl sites for hydroxylation is 1. The van der Waals surface area contributed by atoms with Crippen LogP contribution in [-0.2, 0) is 16.6 Å². The van der Waals surface area contributed by atoms with E-state index in [1.54, 1.807) is 15.6 Å². The van der Waals surface area contributed by atoms with E-state index >= 15 is 0 Å². The van der Waals surface area contributed by atoms with Gasteiger partial charge in [0.15, 0.2) is 0 Å². The van der Waals surface area contributed by atoms with Crippen LogP contribution in [0.4, 0.5) is 0 Å². The second kappa shape index (κ2) is 5.79. The first-order chi connectivity index (χ1) is 10.6. The molecule has 3 heterocycles. The summed E-state index contributed by atoms with van der Waals surface area (Å²) >= 11 is 1.73. The average molecular weight is 358 g/mol. The molecule has 0 amide bonds. The summed E-state index contributed by atoms with van der Waals surface area (Å²) in [4.78, 5) is 8.17. The van der Waals surface area contributed by atoms with Gasteiger partial charge in [-0.1, -0.05) is 0 Å². The largest absolute Gasteiger partial charge is 0.298 e. The fourth-order valence-corrected chi connectivity index (χ4v) is 6.64. The number of aromatic nitrogens is 1. The van der Waals surface area contributed by atoms with Gasteiger partial charge in [-0.05, 0) is 58.5 Å². The van der Waals surface area contributed by atoms with Crippen LogP contribution in [-0.4, -0.2) is 54.0 Å². The number of nitrogens with zero attached hydrogens (tertiary/aromatic N) is 3. The lowest BCUT2D eigenvalue weighted by molar-refractivity contribution is 0.108. The molecule has 130 valence electrons. The molecule has 0 bridgehead atoms. The van der Waals surface area contributed by atoms with E-state index in [-0.39, 0.29) is 11.0 Å². The molecule has 1 aromatic heterocycles. The highest BCUT2D eigenvalue weighted by atomic mass is 32.2. The van der Waals surface area contributed by atoms with Gasteiger partial charge in [-0.2, -0.15) is 4.31 Å². The molecule has 0 unspecified atom stereocenters. The van der Waals surface area contributed by atoms with Crippen LogP contribution in [0.5, 0.6) is 0 Å². The predicted octanol–water partition coefficient (Wildman–Crippen LogP) is 2.48.